The molecule has 1 N–H and O–H groups in total. The van der Waals surface area contributed by atoms with Crippen LogP contribution in [-0.2, 0) is 6.54 Å². The second kappa shape index (κ2) is 6.98. The SMILES string of the molecule is CC[C@@H]1CN(Cc2cccnc2)CCN1C[C@H](C)O. The summed E-state index contributed by atoms with van der Waals surface area (Å²) in [6, 6.07) is 4.69. The predicted molar refractivity (Wildman–Crippen MR) is 76.8 cm³/mol. The number of rotatable bonds is 5. The molecular formula is C15H25N3O. The average molecular weight is 263 g/mol. The molecule has 2 rings (SSSR count). The highest BCUT2D eigenvalue weighted by atomic mass is 16.3. The third-order valence-electron chi connectivity index (χ3n) is 3.79. The first-order chi connectivity index (χ1) is 9.19. The Morgan fingerprint density at radius 3 is 2.95 bits per heavy atom. The summed E-state index contributed by atoms with van der Waals surface area (Å²) in [5.74, 6) is 0. The number of aliphatic hydroxyl groups excluding tert-OH is 1. The Hall–Kier alpha value is -0.970. The van der Waals surface area contributed by atoms with Crippen LogP contribution in [0.5, 0.6) is 0 Å². The second-order valence-corrected chi connectivity index (χ2v) is 5.50. The Bertz CT molecular complexity index is 369. The molecule has 1 fully saturated rings. The molecule has 0 bridgehead atoms. The minimum Gasteiger partial charge on any atom is -0.392 e. The maximum absolute atomic E-state index is 9.56. The van der Waals surface area contributed by atoms with Gasteiger partial charge in [-0.2, -0.15) is 0 Å². The largest absolute Gasteiger partial charge is 0.392 e. The fraction of sp³-hybridized carbons (Fsp3) is 0.667. The Morgan fingerprint density at radius 1 is 1.47 bits per heavy atom. The van der Waals surface area contributed by atoms with Crippen molar-refractivity contribution in [1.29, 1.82) is 0 Å². The number of aliphatic hydroxyl groups is 1. The molecule has 1 aromatic rings. The third-order valence-corrected chi connectivity index (χ3v) is 3.79. The molecule has 0 radical (unpaired) electrons. The molecule has 1 aliphatic rings. The van der Waals surface area contributed by atoms with E-state index in [0.717, 1.165) is 39.1 Å². The van der Waals surface area contributed by atoms with Crippen LogP contribution in [0, 0.1) is 0 Å². The van der Waals surface area contributed by atoms with Crippen molar-refractivity contribution in [2.45, 2.75) is 39.0 Å². The van der Waals surface area contributed by atoms with E-state index in [1.54, 1.807) is 0 Å². The van der Waals surface area contributed by atoms with E-state index >= 15 is 0 Å². The van der Waals surface area contributed by atoms with Crippen molar-refractivity contribution in [3.05, 3.63) is 30.1 Å². The van der Waals surface area contributed by atoms with Gasteiger partial charge in [-0.3, -0.25) is 14.8 Å². The van der Waals surface area contributed by atoms with Crippen LogP contribution in [0.2, 0.25) is 0 Å². The summed E-state index contributed by atoms with van der Waals surface area (Å²) < 4.78 is 0. The second-order valence-electron chi connectivity index (χ2n) is 5.50. The molecule has 1 aliphatic heterocycles. The number of hydrogen-bond donors (Lipinski definition) is 1. The molecule has 4 nitrogen and oxygen atoms in total. The number of pyridine rings is 1. The fourth-order valence-corrected chi connectivity index (χ4v) is 2.82. The lowest BCUT2D eigenvalue weighted by Gasteiger charge is -2.41. The Morgan fingerprint density at radius 2 is 2.32 bits per heavy atom. The molecule has 1 saturated heterocycles. The molecule has 4 heteroatoms. The zero-order valence-electron chi connectivity index (χ0n) is 12.0. The lowest BCUT2D eigenvalue weighted by atomic mass is 10.1. The summed E-state index contributed by atoms with van der Waals surface area (Å²) in [4.78, 5) is 9.08. The molecule has 0 aliphatic carbocycles. The van der Waals surface area contributed by atoms with Crippen LogP contribution in [0.25, 0.3) is 0 Å². The molecule has 2 atom stereocenters. The van der Waals surface area contributed by atoms with Crippen molar-refractivity contribution in [3.63, 3.8) is 0 Å². The standard InChI is InChI=1S/C15H25N3O/c1-3-15-12-17(7-8-18(15)10-13(2)19)11-14-5-4-6-16-9-14/h4-6,9,13,15,19H,3,7-8,10-12H2,1-2H3/t13-,15+/m0/s1. The zero-order valence-corrected chi connectivity index (χ0v) is 12.0. The van der Waals surface area contributed by atoms with Gasteiger partial charge in [-0.25, -0.2) is 0 Å². The molecule has 2 heterocycles. The Kier molecular flexibility index (Phi) is 5.31. The van der Waals surface area contributed by atoms with Crippen LogP contribution >= 0.6 is 0 Å². The maximum atomic E-state index is 9.56. The molecule has 106 valence electrons. The minimum atomic E-state index is -0.237. The summed E-state index contributed by atoms with van der Waals surface area (Å²) in [5, 5.41) is 9.56. The number of piperazine rings is 1. The van der Waals surface area contributed by atoms with Crippen LogP contribution in [0.15, 0.2) is 24.5 Å². The van der Waals surface area contributed by atoms with Crippen LogP contribution < -0.4 is 0 Å². The van der Waals surface area contributed by atoms with E-state index < -0.39 is 0 Å². The summed E-state index contributed by atoms with van der Waals surface area (Å²) in [6.45, 7) is 9.06. The first-order valence-electron chi connectivity index (χ1n) is 7.22. The molecule has 19 heavy (non-hydrogen) atoms. The van der Waals surface area contributed by atoms with E-state index in [0.29, 0.717) is 6.04 Å². The van der Waals surface area contributed by atoms with Gasteiger partial charge in [0.05, 0.1) is 6.10 Å². The van der Waals surface area contributed by atoms with Crippen LogP contribution in [0.1, 0.15) is 25.8 Å². The number of aromatic nitrogens is 1. The summed E-state index contributed by atoms with van der Waals surface area (Å²) in [6.07, 6.45) is 4.66. The number of nitrogens with zero attached hydrogens (tertiary/aromatic N) is 3. The first-order valence-corrected chi connectivity index (χ1v) is 7.22. The monoisotopic (exact) mass is 263 g/mol. The average Bonchev–Trinajstić information content (AvgIpc) is 2.41. The minimum absolute atomic E-state index is 0.237. The van der Waals surface area contributed by atoms with Crippen molar-refractivity contribution >= 4 is 0 Å². The highest BCUT2D eigenvalue weighted by Gasteiger charge is 2.26. The molecular weight excluding hydrogens is 238 g/mol. The van der Waals surface area contributed by atoms with Gasteiger partial charge in [-0.1, -0.05) is 13.0 Å². The Balaban J connectivity index is 1.89. The van der Waals surface area contributed by atoms with Crippen LogP contribution in [0.3, 0.4) is 0 Å². The van der Waals surface area contributed by atoms with Gasteiger partial charge in [-0.15, -0.1) is 0 Å². The van der Waals surface area contributed by atoms with Crippen molar-refractivity contribution < 1.29 is 5.11 Å². The summed E-state index contributed by atoms with van der Waals surface area (Å²) >= 11 is 0. The highest BCUT2D eigenvalue weighted by molar-refractivity contribution is 5.08. The number of β-amino-alcohol motifs (C(OH)–C–C–N with tert-alkyl or cyclic N) is 1. The van der Waals surface area contributed by atoms with E-state index in [9.17, 15) is 5.11 Å². The van der Waals surface area contributed by atoms with Crippen molar-refractivity contribution in [2.75, 3.05) is 26.2 Å². The van der Waals surface area contributed by atoms with Crippen molar-refractivity contribution in [1.82, 2.24) is 14.8 Å². The quantitative estimate of drug-likeness (QED) is 0.871. The van der Waals surface area contributed by atoms with Crippen molar-refractivity contribution in [2.24, 2.45) is 0 Å². The van der Waals surface area contributed by atoms with Crippen molar-refractivity contribution in [3.8, 4) is 0 Å². The molecule has 0 aromatic carbocycles. The van der Waals surface area contributed by atoms with Gasteiger partial charge in [0, 0.05) is 51.2 Å². The van der Waals surface area contributed by atoms with E-state index in [1.165, 1.54) is 5.56 Å². The van der Waals surface area contributed by atoms with E-state index in [1.807, 2.05) is 25.4 Å². The molecule has 0 unspecified atom stereocenters. The van der Waals surface area contributed by atoms with Gasteiger partial charge in [-0.05, 0) is 25.0 Å². The lowest BCUT2D eigenvalue weighted by molar-refractivity contribution is 0.0337. The van der Waals surface area contributed by atoms with E-state index in [4.69, 9.17) is 0 Å². The van der Waals surface area contributed by atoms with Gasteiger partial charge >= 0.3 is 0 Å². The Labute approximate surface area is 116 Å². The predicted octanol–water partition coefficient (Wildman–Crippen LogP) is 1.36. The van der Waals surface area contributed by atoms with Gasteiger partial charge in [0.1, 0.15) is 0 Å². The zero-order chi connectivity index (χ0) is 13.7. The van der Waals surface area contributed by atoms with Gasteiger partial charge in [0.15, 0.2) is 0 Å². The number of hydrogen-bond acceptors (Lipinski definition) is 4. The fourth-order valence-electron chi connectivity index (χ4n) is 2.82. The maximum Gasteiger partial charge on any atom is 0.0639 e. The normalized spacial score (nSPS) is 23.4. The van der Waals surface area contributed by atoms with E-state index in [2.05, 4.69) is 27.8 Å². The molecule has 0 saturated carbocycles. The van der Waals surface area contributed by atoms with E-state index in [-0.39, 0.29) is 6.10 Å². The van der Waals surface area contributed by atoms with Crippen LogP contribution in [-0.4, -0.2) is 58.2 Å². The van der Waals surface area contributed by atoms with Gasteiger partial charge < -0.3 is 5.11 Å². The van der Waals surface area contributed by atoms with Gasteiger partial charge in [0.25, 0.3) is 0 Å². The molecule has 1 aromatic heterocycles. The molecule has 0 amide bonds. The third kappa shape index (κ3) is 4.27. The molecule has 0 spiro atoms. The highest BCUT2D eigenvalue weighted by Crippen LogP contribution is 2.15. The first kappa shape index (κ1) is 14.4. The van der Waals surface area contributed by atoms with Gasteiger partial charge in [0.2, 0.25) is 0 Å². The van der Waals surface area contributed by atoms with Crippen LogP contribution in [0.4, 0.5) is 0 Å². The summed E-state index contributed by atoms with van der Waals surface area (Å²) in [7, 11) is 0. The topological polar surface area (TPSA) is 39.6 Å². The lowest BCUT2D eigenvalue weighted by Crippen LogP contribution is -2.54. The smallest absolute Gasteiger partial charge is 0.0639 e. The summed E-state index contributed by atoms with van der Waals surface area (Å²) in [5.41, 5.74) is 1.28.